The zero-order valence-corrected chi connectivity index (χ0v) is 20.5. The maximum Gasteiger partial charge on any atom is 0.223 e. The summed E-state index contributed by atoms with van der Waals surface area (Å²) in [6.07, 6.45) is 2.47. The highest BCUT2D eigenvalue weighted by atomic mass is 35.5. The lowest BCUT2D eigenvalue weighted by molar-refractivity contribution is -0.126. The van der Waals surface area contributed by atoms with Gasteiger partial charge in [-0.3, -0.25) is 9.36 Å². The van der Waals surface area contributed by atoms with Crippen molar-refractivity contribution in [1.82, 2.24) is 19.9 Å². The van der Waals surface area contributed by atoms with Crippen molar-refractivity contribution in [3.8, 4) is 5.82 Å². The number of benzene rings is 2. The molecule has 2 fully saturated rings. The zero-order valence-electron chi connectivity index (χ0n) is 19.7. The van der Waals surface area contributed by atoms with Crippen molar-refractivity contribution >= 4 is 45.4 Å². The van der Waals surface area contributed by atoms with E-state index in [1.54, 1.807) is 0 Å². The first-order valence-electron chi connectivity index (χ1n) is 12.2. The summed E-state index contributed by atoms with van der Waals surface area (Å²) < 4.78 is 7.50. The number of halogens is 1. The van der Waals surface area contributed by atoms with Gasteiger partial charge in [0, 0.05) is 36.0 Å². The van der Waals surface area contributed by atoms with E-state index in [9.17, 15) is 4.79 Å². The molecule has 1 N–H and O–H groups in total. The van der Waals surface area contributed by atoms with Crippen LogP contribution in [-0.2, 0) is 9.53 Å². The summed E-state index contributed by atoms with van der Waals surface area (Å²) in [4.78, 5) is 25.0. The summed E-state index contributed by atoms with van der Waals surface area (Å²) in [7, 11) is 0. The second-order valence-corrected chi connectivity index (χ2v) is 9.94. The number of anilines is 1. The van der Waals surface area contributed by atoms with Gasteiger partial charge in [0.05, 0.1) is 29.2 Å². The molecule has 35 heavy (non-hydrogen) atoms. The molecule has 0 radical (unpaired) electrons. The molecule has 2 saturated heterocycles. The van der Waals surface area contributed by atoms with E-state index in [4.69, 9.17) is 26.3 Å². The van der Waals surface area contributed by atoms with Crippen LogP contribution in [-0.4, -0.2) is 52.8 Å². The zero-order chi connectivity index (χ0) is 23.9. The van der Waals surface area contributed by atoms with Crippen LogP contribution in [0.2, 0.25) is 5.02 Å². The monoisotopic (exact) mass is 489 g/mol. The Balaban J connectivity index is 1.33. The standard InChI is InChI=1S/C27H28ClN5O2/c1-17-14-23-24(15-21(17)28)33(25-7-6-18-4-2-3-5-22(18)30-25)27(31-23)32-11-8-19(9-12-32)26(34)29-20-10-13-35-16-20/h2-7,14-15,19-20H,8-13,16H2,1H3,(H,29,34). The van der Waals surface area contributed by atoms with Gasteiger partial charge in [-0.15, -0.1) is 0 Å². The van der Waals surface area contributed by atoms with Gasteiger partial charge in [0.1, 0.15) is 5.82 Å². The lowest BCUT2D eigenvalue weighted by Gasteiger charge is -2.32. The Labute approximate surface area is 209 Å². The van der Waals surface area contributed by atoms with Crippen molar-refractivity contribution in [2.24, 2.45) is 5.92 Å². The number of fused-ring (bicyclic) bond motifs is 2. The quantitative estimate of drug-likeness (QED) is 0.451. The topological polar surface area (TPSA) is 72.3 Å². The minimum absolute atomic E-state index is 0.0140. The van der Waals surface area contributed by atoms with E-state index in [2.05, 4.69) is 26.9 Å². The first-order valence-corrected chi connectivity index (χ1v) is 12.6. The summed E-state index contributed by atoms with van der Waals surface area (Å²) in [6, 6.07) is 16.4. The van der Waals surface area contributed by atoms with Crippen LogP contribution in [0, 0.1) is 12.8 Å². The molecule has 2 aromatic carbocycles. The van der Waals surface area contributed by atoms with Crippen molar-refractivity contribution in [3.05, 3.63) is 59.1 Å². The van der Waals surface area contributed by atoms with Crippen molar-refractivity contribution in [2.45, 2.75) is 32.2 Å². The Bertz CT molecular complexity index is 1400. The van der Waals surface area contributed by atoms with E-state index in [-0.39, 0.29) is 17.9 Å². The van der Waals surface area contributed by atoms with Gasteiger partial charge in [-0.05, 0) is 62.1 Å². The molecule has 0 bridgehead atoms. The van der Waals surface area contributed by atoms with E-state index in [0.717, 1.165) is 78.2 Å². The van der Waals surface area contributed by atoms with Crippen LogP contribution >= 0.6 is 11.6 Å². The number of imidazole rings is 1. The maximum atomic E-state index is 12.8. The van der Waals surface area contributed by atoms with E-state index in [0.29, 0.717) is 11.6 Å². The number of carbonyl (C=O) groups excluding carboxylic acids is 1. The molecule has 0 spiro atoms. The first kappa shape index (κ1) is 22.3. The summed E-state index contributed by atoms with van der Waals surface area (Å²) in [5, 5.41) is 4.96. The van der Waals surface area contributed by atoms with Crippen LogP contribution in [0.15, 0.2) is 48.5 Å². The van der Waals surface area contributed by atoms with Crippen molar-refractivity contribution < 1.29 is 9.53 Å². The highest BCUT2D eigenvalue weighted by Crippen LogP contribution is 2.33. The van der Waals surface area contributed by atoms with Gasteiger partial charge in [0.25, 0.3) is 0 Å². The molecule has 6 rings (SSSR count). The molecule has 1 amide bonds. The van der Waals surface area contributed by atoms with Crippen LogP contribution < -0.4 is 10.2 Å². The highest BCUT2D eigenvalue weighted by Gasteiger charge is 2.30. The Morgan fingerprint density at radius 3 is 2.69 bits per heavy atom. The largest absolute Gasteiger partial charge is 0.379 e. The smallest absolute Gasteiger partial charge is 0.223 e. The normalized spacial score (nSPS) is 19.0. The number of aryl methyl sites for hydroxylation is 1. The minimum atomic E-state index is 0.0140. The number of aromatic nitrogens is 3. The molecular weight excluding hydrogens is 462 g/mol. The average Bonchev–Trinajstić information content (AvgIpc) is 3.52. The maximum absolute atomic E-state index is 12.8. The number of nitrogens with zero attached hydrogens (tertiary/aromatic N) is 4. The van der Waals surface area contributed by atoms with Crippen LogP contribution in [0.5, 0.6) is 0 Å². The number of amides is 1. The van der Waals surface area contributed by atoms with Crippen molar-refractivity contribution in [3.63, 3.8) is 0 Å². The highest BCUT2D eigenvalue weighted by molar-refractivity contribution is 6.32. The van der Waals surface area contributed by atoms with Gasteiger partial charge in [-0.25, -0.2) is 9.97 Å². The van der Waals surface area contributed by atoms with E-state index in [1.165, 1.54) is 0 Å². The van der Waals surface area contributed by atoms with Crippen molar-refractivity contribution in [1.29, 1.82) is 0 Å². The number of hydrogen-bond acceptors (Lipinski definition) is 5. The number of nitrogens with one attached hydrogen (secondary N) is 1. The molecule has 2 aliphatic heterocycles. The van der Waals surface area contributed by atoms with Crippen LogP contribution in [0.25, 0.3) is 27.8 Å². The summed E-state index contributed by atoms with van der Waals surface area (Å²) in [6.45, 7) is 4.85. The summed E-state index contributed by atoms with van der Waals surface area (Å²) in [5.41, 5.74) is 3.74. The Morgan fingerprint density at radius 1 is 1.06 bits per heavy atom. The number of ether oxygens (including phenoxy) is 1. The molecule has 7 nitrogen and oxygen atoms in total. The van der Waals surface area contributed by atoms with E-state index in [1.807, 2.05) is 43.3 Å². The van der Waals surface area contributed by atoms with Gasteiger partial charge in [-0.1, -0.05) is 29.8 Å². The fraction of sp³-hybridized carbons (Fsp3) is 0.370. The van der Waals surface area contributed by atoms with Crippen LogP contribution in [0.3, 0.4) is 0 Å². The number of carbonyl (C=O) groups is 1. The summed E-state index contributed by atoms with van der Waals surface area (Å²) >= 11 is 6.53. The van der Waals surface area contributed by atoms with Gasteiger partial charge >= 0.3 is 0 Å². The van der Waals surface area contributed by atoms with Gasteiger partial charge in [0.2, 0.25) is 11.9 Å². The fourth-order valence-corrected chi connectivity index (χ4v) is 5.27. The number of piperidine rings is 1. The third-order valence-electron chi connectivity index (χ3n) is 7.15. The third kappa shape index (κ3) is 4.23. The van der Waals surface area contributed by atoms with Crippen molar-refractivity contribution in [2.75, 3.05) is 31.2 Å². The Morgan fingerprint density at radius 2 is 1.89 bits per heavy atom. The molecule has 8 heteroatoms. The molecule has 0 aliphatic carbocycles. The fourth-order valence-electron chi connectivity index (χ4n) is 5.12. The van der Waals surface area contributed by atoms with Gasteiger partial charge in [-0.2, -0.15) is 0 Å². The van der Waals surface area contributed by atoms with Gasteiger partial charge in [0.15, 0.2) is 0 Å². The van der Waals surface area contributed by atoms with Crippen LogP contribution in [0.1, 0.15) is 24.8 Å². The second-order valence-electron chi connectivity index (χ2n) is 9.53. The molecule has 0 saturated carbocycles. The third-order valence-corrected chi connectivity index (χ3v) is 7.56. The molecule has 4 aromatic rings. The molecule has 1 atom stereocenters. The first-order chi connectivity index (χ1) is 17.1. The molecular formula is C27H28ClN5O2. The minimum Gasteiger partial charge on any atom is -0.379 e. The van der Waals surface area contributed by atoms with Crippen LogP contribution in [0.4, 0.5) is 5.95 Å². The SMILES string of the molecule is Cc1cc2nc(N3CCC(C(=O)NC4CCOC4)CC3)n(-c3ccc4ccccc4n3)c2cc1Cl. The second kappa shape index (κ2) is 9.13. The molecule has 2 aliphatic rings. The number of para-hydroxylation sites is 1. The number of hydrogen-bond donors (Lipinski definition) is 1. The Hall–Kier alpha value is -3.16. The lowest BCUT2D eigenvalue weighted by Crippen LogP contribution is -2.44. The van der Waals surface area contributed by atoms with E-state index < -0.39 is 0 Å². The van der Waals surface area contributed by atoms with E-state index >= 15 is 0 Å². The Kier molecular flexibility index (Phi) is 5.82. The molecule has 180 valence electrons. The van der Waals surface area contributed by atoms with Gasteiger partial charge < -0.3 is 15.0 Å². The predicted molar refractivity (Wildman–Crippen MR) is 138 cm³/mol. The number of rotatable bonds is 4. The number of pyridine rings is 1. The lowest BCUT2D eigenvalue weighted by atomic mass is 9.95. The molecule has 4 heterocycles. The molecule has 1 unspecified atom stereocenters. The average molecular weight is 490 g/mol. The molecule has 2 aromatic heterocycles. The predicted octanol–water partition coefficient (Wildman–Crippen LogP) is 4.66. The summed E-state index contributed by atoms with van der Waals surface area (Å²) in [5.74, 6) is 1.81.